The largest absolute Gasteiger partial charge is 0.340 e. The summed E-state index contributed by atoms with van der Waals surface area (Å²) < 4.78 is 0. The Morgan fingerprint density at radius 2 is 1.88 bits per heavy atom. The Bertz CT molecular complexity index is 237. The van der Waals surface area contributed by atoms with Crippen LogP contribution in [-0.2, 0) is 4.79 Å². The van der Waals surface area contributed by atoms with Gasteiger partial charge in [-0.05, 0) is 14.1 Å². The SMILES string of the molecule is CC(CN)C(=O)N1CCN(CCN(C)C)CC1. The van der Waals surface area contributed by atoms with E-state index in [2.05, 4.69) is 23.9 Å². The van der Waals surface area contributed by atoms with Crippen LogP contribution in [0.25, 0.3) is 0 Å². The molecule has 0 bridgehead atoms. The number of nitrogens with two attached hydrogens (primary N) is 1. The number of rotatable bonds is 5. The van der Waals surface area contributed by atoms with Crippen molar-refractivity contribution in [3.63, 3.8) is 0 Å². The van der Waals surface area contributed by atoms with Gasteiger partial charge in [0.25, 0.3) is 0 Å². The molecule has 0 aliphatic carbocycles. The summed E-state index contributed by atoms with van der Waals surface area (Å²) in [6.45, 7) is 8.16. The minimum atomic E-state index is -0.0386. The molecule has 0 aromatic carbocycles. The maximum atomic E-state index is 11.9. The van der Waals surface area contributed by atoms with E-state index >= 15 is 0 Å². The molecule has 5 heteroatoms. The van der Waals surface area contributed by atoms with Gasteiger partial charge in [-0.15, -0.1) is 0 Å². The van der Waals surface area contributed by atoms with Crippen molar-refractivity contribution >= 4 is 5.91 Å². The van der Waals surface area contributed by atoms with E-state index in [4.69, 9.17) is 5.73 Å². The second-order valence-corrected chi connectivity index (χ2v) is 5.11. The van der Waals surface area contributed by atoms with Crippen molar-refractivity contribution < 1.29 is 4.79 Å². The highest BCUT2D eigenvalue weighted by atomic mass is 16.2. The van der Waals surface area contributed by atoms with Crippen molar-refractivity contribution in [2.24, 2.45) is 11.7 Å². The zero-order valence-electron chi connectivity index (χ0n) is 11.4. The molecule has 2 N–H and O–H groups in total. The zero-order chi connectivity index (χ0) is 12.8. The van der Waals surface area contributed by atoms with E-state index in [1.54, 1.807) is 0 Å². The Morgan fingerprint density at radius 1 is 1.29 bits per heavy atom. The van der Waals surface area contributed by atoms with Crippen molar-refractivity contribution in [1.29, 1.82) is 0 Å². The molecule has 1 amide bonds. The van der Waals surface area contributed by atoms with Gasteiger partial charge in [-0.3, -0.25) is 9.69 Å². The maximum absolute atomic E-state index is 11.9. The molecule has 17 heavy (non-hydrogen) atoms. The van der Waals surface area contributed by atoms with Crippen LogP contribution >= 0.6 is 0 Å². The molecule has 0 saturated carbocycles. The van der Waals surface area contributed by atoms with E-state index in [-0.39, 0.29) is 11.8 Å². The molecule has 0 aromatic rings. The first-order valence-corrected chi connectivity index (χ1v) is 6.40. The summed E-state index contributed by atoms with van der Waals surface area (Å²) in [5.41, 5.74) is 5.52. The van der Waals surface area contributed by atoms with E-state index in [0.29, 0.717) is 6.54 Å². The van der Waals surface area contributed by atoms with E-state index < -0.39 is 0 Å². The van der Waals surface area contributed by atoms with Gasteiger partial charge >= 0.3 is 0 Å². The van der Waals surface area contributed by atoms with E-state index in [1.807, 2.05) is 11.8 Å². The van der Waals surface area contributed by atoms with Gasteiger partial charge in [0, 0.05) is 51.7 Å². The first-order valence-electron chi connectivity index (χ1n) is 6.40. The van der Waals surface area contributed by atoms with Gasteiger partial charge in [-0.1, -0.05) is 6.92 Å². The molecule has 5 nitrogen and oxygen atoms in total. The van der Waals surface area contributed by atoms with E-state index in [1.165, 1.54) is 0 Å². The zero-order valence-corrected chi connectivity index (χ0v) is 11.4. The maximum Gasteiger partial charge on any atom is 0.226 e. The van der Waals surface area contributed by atoms with Gasteiger partial charge in [0.1, 0.15) is 0 Å². The van der Waals surface area contributed by atoms with Crippen LogP contribution in [-0.4, -0.2) is 80.5 Å². The molecule has 1 rings (SSSR count). The highest BCUT2D eigenvalue weighted by Crippen LogP contribution is 2.06. The third kappa shape index (κ3) is 4.61. The van der Waals surface area contributed by atoms with Crippen LogP contribution in [0.2, 0.25) is 0 Å². The average Bonchev–Trinajstić information content (AvgIpc) is 2.35. The molecule has 1 saturated heterocycles. The van der Waals surface area contributed by atoms with Crippen LogP contribution in [0.4, 0.5) is 0 Å². The van der Waals surface area contributed by atoms with Gasteiger partial charge < -0.3 is 15.5 Å². The molecule has 1 unspecified atom stereocenters. The summed E-state index contributed by atoms with van der Waals surface area (Å²) >= 11 is 0. The third-order valence-electron chi connectivity index (χ3n) is 3.32. The Hall–Kier alpha value is -0.650. The molecule has 1 fully saturated rings. The van der Waals surface area contributed by atoms with Crippen molar-refractivity contribution in [2.45, 2.75) is 6.92 Å². The Kier molecular flexibility index (Phi) is 5.88. The van der Waals surface area contributed by atoms with Crippen LogP contribution in [0.1, 0.15) is 6.92 Å². The molecule has 1 atom stereocenters. The highest BCUT2D eigenvalue weighted by Gasteiger charge is 2.23. The molecule has 0 aromatic heterocycles. The monoisotopic (exact) mass is 242 g/mol. The van der Waals surface area contributed by atoms with Crippen LogP contribution in [0.5, 0.6) is 0 Å². The molecular weight excluding hydrogens is 216 g/mol. The number of hydrogen-bond donors (Lipinski definition) is 1. The molecule has 100 valence electrons. The predicted octanol–water partition coefficient (Wildman–Crippen LogP) is -0.713. The number of likely N-dealkylation sites (N-methyl/N-ethyl adjacent to an activating group) is 1. The highest BCUT2D eigenvalue weighted by molar-refractivity contribution is 5.78. The summed E-state index contributed by atoms with van der Waals surface area (Å²) in [7, 11) is 4.17. The Morgan fingerprint density at radius 3 is 2.35 bits per heavy atom. The molecule has 1 aliphatic heterocycles. The Balaban J connectivity index is 2.28. The van der Waals surface area contributed by atoms with Crippen molar-refractivity contribution in [3.8, 4) is 0 Å². The topological polar surface area (TPSA) is 52.8 Å². The predicted molar refractivity (Wildman–Crippen MR) is 69.8 cm³/mol. The first-order chi connectivity index (χ1) is 8.04. The van der Waals surface area contributed by atoms with Crippen LogP contribution in [0, 0.1) is 5.92 Å². The minimum Gasteiger partial charge on any atom is -0.340 e. The van der Waals surface area contributed by atoms with Crippen LogP contribution < -0.4 is 5.73 Å². The average molecular weight is 242 g/mol. The van der Waals surface area contributed by atoms with E-state index in [9.17, 15) is 4.79 Å². The van der Waals surface area contributed by atoms with Crippen molar-refractivity contribution in [1.82, 2.24) is 14.7 Å². The molecule has 1 aliphatic rings. The third-order valence-corrected chi connectivity index (χ3v) is 3.32. The fourth-order valence-corrected chi connectivity index (χ4v) is 1.95. The second kappa shape index (κ2) is 6.93. The summed E-state index contributed by atoms with van der Waals surface area (Å²) in [5.74, 6) is 0.170. The van der Waals surface area contributed by atoms with E-state index in [0.717, 1.165) is 39.3 Å². The van der Waals surface area contributed by atoms with Gasteiger partial charge in [-0.2, -0.15) is 0 Å². The van der Waals surface area contributed by atoms with Crippen LogP contribution in [0.3, 0.4) is 0 Å². The molecular formula is C12H26N4O. The summed E-state index contributed by atoms with van der Waals surface area (Å²) in [6.07, 6.45) is 0. The van der Waals surface area contributed by atoms with Gasteiger partial charge in [0.2, 0.25) is 5.91 Å². The number of carbonyl (C=O) groups excluding carboxylic acids is 1. The fourth-order valence-electron chi connectivity index (χ4n) is 1.95. The lowest BCUT2D eigenvalue weighted by Gasteiger charge is -2.36. The van der Waals surface area contributed by atoms with Gasteiger partial charge in [0.05, 0.1) is 0 Å². The summed E-state index contributed by atoms with van der Waals surface area (Å²) in [6, 6.07) is 0. The Labute approximate surface area is 105 Å². The quantitative estimate of drug-likeness (QED) is 0.692. The fraction of sp³-hybridized carbons (Fsp3) is 0.917. The molecule has 1 heterocycles. The van der Waals surface area contributed by atoms with Crippen molar-refractivity contribution in [2.75, 3.05) is 59.9 Å². The number of hydrogen-bond acceptors (Lipinski definition) is 4. The lowest BCUT2D eigenvalue weighted by molar-refractivity contribution is -0.136. The normalized spacial score (nSPS) is 19.7. The molecule has 0 radical (unpaired) electrons. The minimum absolute atomic E-state index is 0.0386. The first kappa shape index (κ1) is 14.4. The van der Waals surface area contributed by atoms with Crippen molar-refractivity contribution in [3.05, 3.63) is 0 Å². The number of amides is 1. The lowest BCUT2D eigenvalue weighted by atomic mass is 10.1. The number of carbonyl (C=O) groups is 1. The molecule has 0 spiro atoms. The van der Waals surface area contributed by atoms with Crippen LogP contribution in [0.15, 0.2) is 0 Å². The van der Waals surface area contributed by atoms with Gasteiger partial charge in [-0.25, -0.2) is 0 Å². The lowest BCUT2D eigenvalue weighted by Crippen LogP contribution is -2.51. The van der Waals surface area contributed by atoms with Gasteiger partial charge in [0.15, 0.2) is 0 Å². The summed E-state index contributed by atoms with van der Waals surface area (Å²) in [5, 5.41) is 0. The number of nitrogens with zero attached hydrogens (tertiary/aromatic N) is 3. The summed E-state index contributed by atoms with van der Waals surface area (Å²) in [4.78, 5) is 18.5. The smallest absolute Gasteiger partial charge is 0.226 e. The number of piperazine rings is 1. The standard InChI is InChI=1S/C12H26N4O/c1-11(10-13)12(17)16-8-6-15(7-9-16)5-4-14(2)3/h11H,4-10,13H2,1-3H3. The second-order valence-electron chi connectivity index (χ2n) is 5.11.